The topological polar surface area (TPSA) is 93.2 Å². The molecule has 4 fully saturated rings. The molecule has 6 rings (SSSR count). The van der Waals surface area contributed by atoms with Gasteiger partial charge in [-0.3, -0.25) is 4.79 Å². The van der Waals surface area contributed by atoms with E-state index in [1.165, 1.54) is 12.8 Å². The molecule has 2 heterocycles. The van der Waals surface area contributed by atoms with Gasteiger partial charge in [0.25, 0.3) is 5.91 Å². The maximum absolute atomic E-state index is 12.1. The standard InChI is InChI=1S/C21H28N4O2/c1-11(2)25-4-3-15-18(16(19(22)26)10-23-20(15)25)24-17-13-5-12-6-14(17)9-21(27,7-12)8-13/h3-4,10-14,17,27H,5-9H2,1-2H3,(H2,22,26)(H,23,24)/t12-,13-,14?,17?,21+/m1/s1. The molecule has 5 atom stereocenters. The van der Waals surface area contributed by atoms with E-state index in [9.17, 15) is 9.90 Å². The Morgan fingerprint density at radius 3 is 2.63 bits per heavy atom. The second-order valence-corrected chi connectivity index (χ2v) is 9.33. The Morgan fingerprint density at radius 1 is 1.33 bits per heavy atom. The number of pyridine rings is 1. The number of primary amides is 1. The lowest BCUT2D eigenvalue weighted by atomic mass is 9.52. The molecule has 4 bridgehead atoms. The van der Waals surface area contributed by atoms with Crippen LogP contribution >= 0.6 is 0 Å². The average Bonchev–Trinajstić information content (AvgIpc) is 3.00. The van der Waals surface area contributed by atoms with Crippen LogP contribution in [0.1, 0.15) is 62.4 Å². The molecule has 2 unspecified atom stereocenters. The summed E-state index contributed by atoms with van der Waals surface area (Å²) in [4.78, 5) is 16.6. The molecular formula is C21H28N4O2. The van der Waals surface area contributed by atoms with E-state index in [-0.39, 0.29) is 12.1 Å². The Morgan fingerprint density at radius 2 is 2.04 bits per heavy atom. The third-order valence-corrected chi connectivity index (χ3v) is 7.12. The van der Waals surface area contributed by atoms with Crippen LogP contribution in [0.5, 0.6) is 0 Å². The number of carbonyl (C=O) groups excluding carboxylic acids is 1. The molecule has 0 radical (unpaired) electrons. The van der Waals surface area contributed by atoms with Gasteiger partial charge in [-0.2, -0.15) is 0 Å². The number of anilines is 1. The number of rotatable bonds is 4. The fourth-order valence-electron chi connectivity index (χ4n) is 6.25. The third kappa shape index (κ3) is 2.57. The monoisotopic (exact) mass is 368 g/mol. The van der Waals surface area contributed by atoms with E-state index in [1.54, 1.807) is 6.20 Å². The fraction of sp³-hybridized carbons (Fsp3) is 0.619. The molecule has 0 saturated heterocycles. The number of hydrogen-bond acceptors (Lipinski definition) is 4. The molecule has 2 aromatic heterocycles. The van der Waals surface area contributed by atoms with Crippen molar-refractivity contribution in [2.75, 3.05) is 5.32 Å². The van der Waals surface area contributed by atoms with Crippen molar-refractivity contribution in [3.05, 3.63) is 24.0 Å². The first-order valence-electron chi connectivity index (χ1n) is 10.1. The molecule has 27 heavy (non-hydrogen) atoms. The highest BCUT2D eigenvalue weighted by atomic mass is 16.3. The zero-order valence-electron chi connectivity index (χ0n) is 16.0. The molecule has 4 aliphatic rings. The molecule has 2 aromatic rings. The highest BCUT2D eigenvalue weighted by Crippen LogP contribution is 2.56. The maximum Gasteiger partial charge on any atom is 0.252 e. The summed E-state index contributed by atoms with van der Waals surface area (Å²) in [5.41, 5.74) is 7.36. The Bertz CT molecular complexity index is 902. The van der Waals surface area contributed by atoms with Crippen LogP contribution < -0.4 is 11.1 Å². The van der Waals surface area contributed by atoms with Crippen LogP contribution in [0.2, 0.25) is 0 Å². The van der Waals surface area contributed by atoms with Crippen LogP contribution in [-0.4, -0.2) is 32.2 Å². The summed E-state index contributed by atoms with van der Waals surface area (Å²) in [7, 11) is 0. The summed E-state index contributed by atoms with van der Waals surface area (Å²) in [6.45, 7) is 4.24. The minimum Gasteiger partial charge on any atom is -0.390 e. The van der Waals surface area contributed by atoms with Crippen LogP contribution in [0, 0.1) is 17.8 Å². The van der Waals surface area contributed by atoms with Crippen molar-refractivity contribution in [1.82, 2.24) is 9.55 Å². The molecule has 6 heteroatoms. The van der Waals surface area contributed by atoms with E-state index >= 15 is 0 Å². The smallest absolute Gasteiger partial charge is 0.252 e. The molecule has 0 aliphatic heterocycles. The lowest BCUT2D eigenvalue weighted by Crippen LogP contribution is -2.59. The molecule has 1 amide bonds. The first kappa shape index (κ1) is 17.0. The van der Waals surface area contributed by atoms with Crippen LogP contribution in [0.15, 0.2) is 18.5 Å². The van der Waals surface area contributed by atoms with Gasteiger partial charge in [0.15, 0.2) is 0 Å². The highest BCUT2D eigenvalue weighted by molar-refractivity contribution is 6.06. The fourth-order valence-corrected chi connectivity index (χ4v) is 6.25. The van der Waals surface area contributed by atoms with Gasteiger partial charge in [-0.25, -0.2) is 4.98 Å². The normalized spacial score (nSPS) is 34.5. The lowest BCUT2D eigenvalue weighted by molar-refractivity contribution is -0.129. The van der Waals surface area contributed by atoms with E-state index in [2.05, 4.69) is 28.7 Å². The van der Waals surface area contributed by atoms with Gasteiger partial charge in [-0.1, -0.05) is 0 Å². The molecule has 6 nitrogen and oxygen atoms in total. The number of hydrogen-bond donors (Lipinski definition) is 3. The molecular weight excluding hydrogens is 340 g/mol. The van der Waals surface area contributed by atoms with Crippen LogP contribution in [0.25, 0.3) is 11.0 Å². The van der Waals surface area contributed by atoms with E-state index in [0.29, 0.717) is 23.3 Å². The van der Waals surface area contributed by atoms with Gasteiger partial charge in [0.05, 0.1) is 16.9 Å². The van der Waals surface area contributed by atoms with Gasteiger partial charge in [0.2, 0.25) is 0 Å². The second kappa shape index (κ2) is 5.71. The van der Waals surface area contributed by atoms with Gasteiger partial charge in [-0.05, 0) is 69.8 Å². The van der Waals surface area contributed by atoms with Crippen molar-refractivity contribution in [2.24, 2.45) is 23.5 Å². The van der Waals surface area contributed by atoms with Gasteiger partial charge >= 0.3 is 0 Å². The minimum atomic E-state index is -0.463. The summed E-state index contributed by atoms with van der Waals surface area (Å²) in [5.74, 6) is 1.11. The van der Waals surface area contributed by atoms with Crippen LogP contribution in [0.3, 0.4) is 0 Å². The number of nitrogens with one attached hydrogen (secondary N) is 1. The number of aliphatic hydroxyl groups is 1. The molecule has 4 N–H and O–H groups in total. The van der Waals surface area contributed by atoms with Gasteiger partial charge in [0, 0.05) is 29.9 Å². The van der Waals surface area contributed by atoms with Crippen molar-refractivity contribution in [2.45, 2.75) is 63.6 Å². The van der Waals surface area contributed by atoms with E-state index in [4.69, 9.17) is 5.73 Å². The summed E-state index contributed by atoms with van der Waals surface area (Å²) >= 11 is 0. The zero-order valence-corrected chi connectivity index (χ0v) is 16.0. The lowest BCUT2D eigenvalue weighted by Gasteiger charge is -2.58. The highest BCUT2D eigenvalue weighted by Gasteiger charge is 2.54. The van der Waals surface area contributed by atoms with Crippen molar-refractivity contribution >= 4 is 22.6 Å². The number of aromatic nitrogens is 2. The molecule has 0 aromatic carbocycles. The minimum absolute atomic E-state index is 0.285. The summed E-state index contributed by atoms with van der Waals surface area (Å²) in [6, 6.07) is 2.60. The Kier molecular flexibility index (Phi) is 3.60. The predicted octanol–water partition coefficient (Wildman–Crippen LogP) is 3.07. The van der Waals surface area contributed by atoms with Crippen LogP contribution in [-0.2, 0) is 0 Å². The van der Waals surface area contributed by atoms with E-state index in [1.807, 2.05) is 12.3 Å². The summed E-state index contributed by atoms with van der Waals surface area (Å²) in [6.07, 6.45) is 8.67. The quantitative estimate of drug-likeness (QED) is 0.773. The SMILES string of the molecule is CC(C)n1ccc2c(NC3C4C[C@H]5C[C@@H]3C[C@](O)(C4)C5)c(C(N)=O)cnc21. The van der Waals surface area contributed by atoms with Crippen molar-refractivity contribution < 1.29 is 9.90 Å². The first-order valence-corrected chi connectivity index (χ1v) is 10.1. The second-order valence-electron chi connectivity index (χ2n) is 9.33. The maximum atomic E-state index is 12.1. The van der Waals surface area contributed by atoms with Crippen LogP contribution in [0.4, 0.5) is 5.69 Å². The van der Waals surface area contributed by atoms with E-state index in [0.717, 1.165) is 36.0 Å². The average molecular weight is 368 g/mol. The zero-order chi connectivity index (χ0) is 18.9. The van der Waals surface area contributed by atoms with Gasteiger partial charge in [-0.15, -0.1) is 0 Å². The number of amides is 1. The number of carbonyl (C=O) groups is 1. The molecule has 4 aliphatic carbocycles. The number of nitrogens with zero attached hydrogens (tertiary/aromatic N) is 2. The van der Waals surface area contributed by atoms with Crippen molar-refractivity contribution in [3.63, 3.8) is 0 Å². The predicted molar refractivity (Wildman–Crippen MR) is 105 cm³/mol. The molecule has 144 valence electrons. The third-order valence-electron chi connectivity index (χ3n) is 7.12. The largest absolute Gasteiger partial charge is 0.390 e. The van der Waals surface area contributed by atoms with Gasteiger partial charge in [0.1, 0.15) is 5.65 Å². The van der Waals surface area contributed by atoms with Crippen molar-refractivity contribution in [1.29, 1.82) is 0 Å². The van der Waals surface area contributed by atoms with E-state index < -0.39 is 11.5 Å². The number of fused-ring (bicyclic) bond motifs is 1. The van der Waals surface area contributed by atoms with Crippen molar-refractivity contribution in [3.8, 4) is 0 Å². The first-order chi connectivity index (χ1) is 12.8. The Balaban J connectivity index is 1.56. The Hall–Kier alpha value is -2.08. The van der Waals surface area contributed by atoms with Gasteiger partial charge < -0.3 is 20.7 Å². The Labute approximate surface area is 159 Å². The molecule has 0 spiro atoms. The number of nitrogens with two attached hydrogens (primary N) is 1. The molecule has 4 saturated carbocycles. The summed E-state index contributed by atoms with van der Waals surface area (Å²) < 4.78 is 2.12. The summed E-state index contributed by atoms with van der Waals surface area (Å²) in [5, 5.41) is 15.5.